The minimum atomic E-state index is -3.57. The molecule has 0 spiro atoms. The molecule has 4 nitrogen and oxygen atoms in total. The third-order valence-corrected chi connectivity index (χ3v) is 4.33. The van der Waals surface area contributed by atoms with Crippen LogP contribution in [-0.4, -0.2) is 21.1 Å². The van der Waals surface area contributed by atoms with E-state index in [-0.39, 0.29) is 16.7 Å². The first kappa shape index (κ1) is 15.3. The fourth-order valence-corrected chi connectivity index (χ4v) is 3.00. The summed E-state index contributed by atoms with van der Waals surface area (Å²) in [6.07, 6.45) is 0.719. The Hall–Kier alpha value is -0.780. The first-order valence-electron chi connectivity index (χ1n) is 5.85. The van der Waals surface area contributed by atoms with Crippen molar-refractivity contribution in [1.29, 1.82) is 0 Å². The molecule has 0 heterocycles. The van der Waals surface area contributed by atoms with Gasteiger partial charge in [0.2, 0.25) is 10.0 Å². The van der Waals surface area contributed by atoms with Gasteiger partial charge in [0.05, 0.1) is 6.61 Å². The molecule has 1 unspecified atom stereocenters. The molecule has 102 valence electrons. The van der Waals surface area contributed by atoms with Gasteiger partial charge in [-0.15, -0.1) is 0 Å². The lowest BCUT2D eigenvalue weighted by molar-refractivity contribution is 0.331. The highest BCUT2D eigenvalue weighted by atomic mass is 35.5. The van der Waals surface area contributed by atoms with Gasteiger partial charge in [0, 0.05) is 17.1 Å². The molecule has 1 atom stereocenters. The smallest absolute Gasteiger partial charge is 0.244 e. The highest BCUT2D eigenvalue weighted by Crippen LogP contribution is 2.27. The molecule has 6 heteroatoms. The van der Waals surface area contributed by atoms with Crippen LogP contribution in [0.4, 0.5) is 0 Å². The van der Waals surface area contributed by atoms with Crippen molar-refractivity contribution < 1.29 is 13.2 Å². The van der Waals surface area contributed by atoms with Crippen LogP contribution in [0, 0.1) is 0 Å². The summed E-state index contributed by atoms with van der Waals surface area (Å²) in [6, 6.07) is 4.38. The molecule has 1 N–H and O–H groups in total. The maximum Gasteiger partial charge on any atom is 0.244 e. The van der Waals surface area contributed by atoms with Gasteiger partial charge in [-0.25, -0.2) is 13.1 Å². The molecule has 0 aromatic heterocycles. The molecule has 0 fully saturated rings. The third kappa shape index (κ3) is 3.86. The Labute approximate surface area is 113 Å². The maximum atomic E-state index is 12.2. The molecule has 0 saturated carbocycles. The van der Waals surface area contributed by atoms with E-state index in [1.54, 1.807) is 6.92 Å². The molecule has 0 aliphatic rings. The molecule has 0 bridgehead atoms. The van der Waals surface area contributed by atoms with Crippen LogP contribution in [0.2, 0.25) is 5.02 Å². The van der Waals surface area contributed by atoms with Gasteiger partial charge in [0.15, 0.2) is 0 Å². The SMILES string of the molecule is CCOc1cc(Cl)ccc1S(=O)(=O)NC(C)CC. The molecule has 0 amide bonds. The summed E-state index contributed by atoms with van der Waals surface area (Å²) in [6.45, 7) is 5.90. The van der Waals surface area contributed by atoms with Crippen LogP contribution in [0.3, 0.4) is 0 Å². The summed E-state index contributed by atoms with van der Waals surface area (Å²) in [4.78, 5) is 0.119. The molecule has 1 aromatic carbocycles. The summed E-state index contributed by atoms with van der Waals surface area (Å²) in [7, 11) is -3.57. The lowest BCUT2D eigenvalue weighted by Crippen LogP contribution is -2.32. The largest absolute Gasteiger partial charge is 0.492 e. The lowest BCUT2D eigenvalue weighted by Gasteiger charge is -2.15. The average molecular weight is 292 g/mol. The summed E-state index contributed by atoms with van der Waals surface area (Å²) >= 11 is 5.84. The van der Waals surface area contributed by atoms with Gasteiger partial charge >= 0.3 is 0 Å². The zero-order valence-electron chi connectivity index (χ0n) is 10.7. The van der Waals surface area contributed by atoms with Crippen LogP contribution in [0.25, 0.3) is 0 Å². The second kappa shape index (κ2) is 6.41. The van der Waals surface area contributed by atoms with E-state index in [2.05, 4.69) is 4.72 Å². The highest BCUT2D eigenvalue weighted by Gasteiger charge is 2.21. The lowest BCUT2D eigenvalue weighted by atomic mass is 10.3. The number of rotatable bonds is 6. The van der Waals surface area contributed by atoms with E-state index in [0.29, 0.717) is 11.6 Å². The molecule has 0 saturated heterocycles. The quantitative estimate of drug-likeness (QED) is 0.877. The molecule has 1 rings (SSSR count). The average Bonchev–Trinajstić information content (AvgIpc) is 2.28. The minimum Gasteiger partial charge on any atom is -0.492 e. The Bertz CT molecular complexity index is 502. The Morgan fingerprint density at radius 1 is 1.39 bits per heavy atom. The van der Waals surface area contributed by atoms with Crippen molar-refractivity contribution in [2.75, 3.05) is 6.61 Å². The Morgan fingerprint density at radius 2 is 2.06 bits per heavy atom. The minimum absolute atomic E-state index is 0.119. The van der Waals surface area contributed by atoms with Crippen molar-refractivity contribution in [2.24, 2.45) is 0 Å². The van der Waals surface area contributed by atoms with Gasteiger partial charge < -0.3 is 4.74 Å². The fourth-order valence-electron chi connectivity index (χ4n) is 1.38. The van der Waals surface area contributed by atoms with E-state index in [1.165, 1.54) is 18.2 Å². The molecule has 1 aromatic rings. The summed E-state index contributed by atoms with van der Waals surface area (Å²) in [5.74, 6) is 0.279. The van der Waals surface area contributed by atoms with Crippen LogP contribution < -0.4 is 9.46 Å². The van der Waals surface area contributed by atoms with Gasteiger partial charge in [0.25, 0.3) is 0 Å². The second-order valence-electron chi connectivity index (χ2n) is 3.95. The maximum absolute atomic E-state index is 12.2. The number of sulfonamides is 1. The summed E-state index contributed by atoms with van der Waals surface area (Å²) < 4.78 is 32.3. The summed E-state index contributed by atoms with van der Waals surface area (Å²) in [5, 5.41) is 0.445. The summed E-state index contributed by atoms with van der Waals surface area (Å²) in [5.41, 5.74) is 0. The van der Waals surface area contributed by atoms with E-state index >= 15 is 0 Å². The zero-order chi connectivity index (χ0) is 13.8. The van der Waals surface area contributed by atoms with Crippen LogP contribution in [0.1, 0.15) is 27.2 Å². The number of benzene rings is 1. The van der Waals surface area contributed by atoms with Crippen LogP contribution in [-0.2, 0) is 10.0 Å². The number of nitrogens with one attached hydrogen (secondary N) is 1. The Balaban J connectivity index is 3.15. The Morgan fingerprint density at radius 3 is 2.61 bits per heavy atom. The fraction of sp³-hybridized carbons (Fsp3) is 0.500. The van der Waals surface area contributed by atoms with Gasteiger partial charge in [-0.1, -0.05) is 18.5 Å². The Kier molecular flexibility index (Phi) is 5.44. The van der Waals surface area contributed by atoms with Gasteiger partial charge in [-0.05, 0) is 32.4 Å². The van der Waals surface area contributed by atoms with E-state index < -0.39 is 10.0 Å². The molecule has 0 aliphatic carbocycles. The zero-order valence-corrected chi connectivity index (χ0v) is 12.3. The van der Waals surface area contributed by atoms with Gasteiger partial charge in [-0.3, -0.25) is 0 Å². The van der Waals surface area contributed by atoms with Crippen molar-refractivity contribution in [3.05, 3.63) is 23.2 Å². The van der Waals surface area contributed by atoms with Crippen molar-refractivity contribution in [3.8, 4) is 5.75 Å². The van der Waals surface area contributed by atoms with E-state index in [0.717, 1.165) is 6.42 Å². The van der Waals surface area contributed by atoms with Crippen molar-refractivity contribution in [3.63, 3.8) is 0 Å². The van der Waals surface area contributed by atoms with Crippen LogP contribution >= 0.6 is 11.6 Å². The van der Waals surface area contributed by atoms with Crippen molar-refractivity contribution >= 4 is 21.6 Å². The molecule has 0 aliphatic heterocycles. The van der Waals surface area contributed by atoms with Crippen molar-refractivity contribution in [1.82, 2.24) is 4.72 Å². The first-order valence-corrected chi connectivity index (χ1v) is 7.71. The normalized spacial score (nSPS) is 13.3. The predicted molar refractivity (Wildman–Crippen MR) is 72.7 cm³/mol. The predicted octanol–water partition coefficient (Wildman–Crippen LogP) is 2.82. The van der Waals surface area contributed by atoms with Gasteiger partial charge in [-0.2, -0.15) is 0 Å². The number of hydrogen-bond donors (Lipinski definition) is 1. The molecular formula is C12H18ClNO3S. The standard InChI is InChI=1S/C12H18ClNO3S/c1-4-9(3)14-18(15,16)12-7-6-10(13)8-11(12)17-5-2/h6-9,14H,4-5H2,1-3H3. The monoisotopic (exact) mass is 291 g/mol. The number of ether oxygens (including phenoxy) is 1. The van der Waals surface area contributed by atoms with Crippen LogP contribution in [0.5, 0.6) is 5.75 Å². The number of hydrogen-bond acceptors (Lipinski definition) is 3. The first-order chi connectivity index (χ1) is 8.40. The second-order valence-corrected chi connectivity index (χ2v) is 6.07. The molecule has 0 radical (unpaired) electrons. The third-order valence-electron chi connectivity index (χ3n) is 2.46. The van der Waals surface area contributed by atoms with E-state index in [9.17, 15) is 8.42 Å². The number of halogens is 1. The highest BCUT2D eigenvalue weighted by molar-refractivity contribution is 7.89. The topological polar surface area (TPSA) is 55.4 Å². The van der Waals surface area contributed by atoms with E-state index in [4.69, 9.17) is 16.3 Å². The molecular weight excluding hydrogens is 274 g/mol. The molecule has 18 heavy (non-hydrogen) atoms. The van der Waals surface area contributed by atoms with Crippen molar-refractivity contribution in [2.45, 2.75) is 38.1 Å². The van der Waals surface area contributed by atoms with Gasteiger partial charge in [0.1, 0.15) is 10.6 Å². The van der Waals surface area contributed by atoms with Crippen LogP contribution in [0.15, 0.2) is 23.1 Å². The van der Waals surface area contributed by atoms with E-state index in [1.807, 2.05) is 13.8 Å².